The number of ether oxygens (including phenoxy) is 1. The maximum absolute atomic E-state index is 12.4. The Hall–Kier alpha value is -3.68. The van der Waals surface area contributed by atoms with Crippen molar-refractivity contribution in [2.75, 3.05) is 6.54 Å². The van der Waals surface area contributed by atoms with Crippen LogP contribution < -0.4 is 0 Å². The van der Waals surface area contributed by atoms with Gasteiger partial charge in [-0.25, -0.2) is 4.79 Å². The SMILES string of the molecule is CC(C)n1ncc2cc(-c3nc(-c4ccc5c(c4)CCN(C(=O)OC(C)(C)C)C5)no3)ccc21. The highest BCUT2D eigenvalue weighted by Crippen LogP contribution is 2.29. The summed E-state index contributed by atoms with van der Waals surface area (Å²) in [5, 5.41) is 9.73. The van der Waals surface area contributed by atoms with E-state index in [1.165, 1.54) is 5.56 Å². The number of hydrogen-bond donors (Lipinski definition) is 0. The Morgan fingerprint density at radius 2 is 1.88 bits per heavy atom. The first-order chi connectivity index (χ1) is 16.2. The number of aromatic nitrogens is 4. The minimum atomic E-state index is -0.503. The van der Waals surface area contributed by atoms with E-state index in [0.29, 0.717) is 30.8 Å². The van der Waals surface area contributed by atoms with E-state index >= 15 is 0 Å². The molecule has 0 saturated carbocycles. The zero-order valence-electron chi connectivity index (χ0n) is 20.2. The van der Waals surface area contributed by atoms with Crippen molar-refractivity contribution in [3.05, 3.63) is 53.7 Å². The lowest BCUT2D eigenvalue weighted by atomic mass is 9.97. The summed E-state index contributed by atoms with van der Waals surface area (Å²) in [6, 6.07) is 12.4. The molecule has 176 valence electrons. The van der Waals surface area contributed by atoms with Gasteiger partial charge in [-0.2, -0.15) is 10.1 Å². The van der Waals surface area contributed by atoms with E-state index in [4.69, 9.17) is 9.26 Å². The number of carbonyl (C=O) groups excluding carboxylic acids is 1. The molecule has 0 fully saturated rings. The summed E-state index contributed by atoms with van der Waals surface area (Å²) in [6.07, 6.45) is 2.34. The third-order valence-corrected chi connectivity index (χ3v) is 5.89. The monoisotopic (exact) mass is 459 g/mol. The first kappa shape index (κ1) is 22.1. The van der Waals surface area contributed by atoms with Crippen LogP contribution in [-0.4, -0.2) is 43.1 Å². The fourth-order valence-corrected chi connectivity index (χ4v) is 4.23. The molecule has 2 aromatic carbocycles. The topological polar surface area (TPSA) is 86.3 Å². The summed E-state index contributed by atoms with van der Waals surface area (Å²) >= 11 is 0. The standard InChI is InChI=1S/C26H29N5O3/c1-16(2)31-22-9-8-19(13-21(22)14-27-31)24-28-23(29-34-24)18-6-7-20-15-30(11-10-17(20)12-18)25(32)33-26(3,4)5/h6-9,12-14,16H,10-11,15H2,1-5H3. The molecular weight excluding hydrogens is 430 g/mol. The Morgan fingerprint density at radius 1 is 1.09 bits per heavy atom. The van der Waals surface area contributed by atoms with Crippen molar-refractivity contribution < 1.29 is 14.1 Å². The molecule has 5 rings (SSSR count). The maximum Gasteiger partial charge on any atom is 0.410 e. The zero-order valence-corrected chi connectivity index (χ0v) is 20.2. The third kappa shape index (κ3) is 4.27. The molecule has 1 aliphatic rings. The van der Waals surface area contributed by atoms with Gasteiger partial charge in [0.25, 0.3) is 5.89 Å². The Balaban J connectivity index is 1.35. The average molecular weight is 460 g/mol. The third-order valence-electron chi connectivity index (χ3n) is 5.89. The summed E-state index contributed by atoms with van der Waals surface area (Å²) in [7, 11) is 0. The van der Waals surface area contributed by atoms with Crippen LogP contribution in [0.3, 0.4) is 0 Å². The van der Waals surface area contributed by atoms with Crippen molar-refractivity contribution in [3.63, 3.8) is 0 Å². The molecule has 0 saturated heterocycles. The van der Waals surface area contributed by atoms with E-state index in [9.17, 15) is 4.79 Å². The van der Waals surface area contributed by atoms with E-state index in [-0.39, 0.29) is 6.09 Å². The minimum Gasteiger partial charge on any atom is -0.444 e. The summed E-state index contributed by atoms with van der Waals surface area (Å²) in [6.45, 7) is 11.0. The number of hydrogen-bond acceptors (Lipinski definition) is 6. The Labute approximate surface area is 198 Å². The maximum atomic E-state index is 12.4. The van der Waals surface area contributed by atoms with Gasteiger partial charge in [-0.05, 0) is 76.4 Å². The van der Waals surface area contributed by atoms with Gasteiger partial charge in [0.2, 0.25) is 5.82 Å². The summed E-state index contributed by atoms with van der Waals surface area (Å²) in [5.41, 5.74) is 4.63. The fraction of sp³-hybridized carbons (Fsp3) is 0.385. The lowest BCUT2D eigenvalue weighted by molar-refractivity contribution is 0.0224. The van der Waals surface area contributed by atoms with Crippen LogP contribution >= 0.6 is 0 Å². The molecule has 0 radical (unpaired) electrons. The van der Waals surface area contributed by atoms with Crippen molar-refractivity contribution in [1.29, 1.82) is 0 Å². The van der Waals surface area contributed by atoms with Gasteiger partial charge in [0.15, 0.2) is 0 Å². The lowest BCUT2D eigenvalue weighted by Gasteiger charge is -2.31. The van der Waals surface area contributed by atoms with Crippen LogP contribution in [0.4, 0.5) is 4.79 Å². The highest BCUT2D eigenvalue weighted by atomic mass is 16.6. The van der Waals surface area contributed by atoms with Gasteiger partial charge in [-0.3, -0.25) is 4.68 Å². The molecule has 0 N–H and O–H groups in total. The second kappa shape index (κ2) is 8.27. The first-order valence-corrected chi connectivity index (χ1v) is 11.6. The predicted molar refractivity (Wildman–Crippen MR) is 129 cm³/mol. The van der Waals surface area contributed by atoms with Gasteiger partial charge >= 0.3 is 6.09 Å². The molecule has 34 heavy (non-hydrogen) atoms. The van der Waals surface area contributed by atoms with E-state index in [2.05, 4.69) is 35.2 Å². The largest absolute Gasteiger partial charge is 0.444 e. The summed E-state index contributed by atoms with van der Waals surface area (Å²) < 4.78 is 13.1. The number of fused-ring (bicyclic) bond motifs is 2. The molecule has 1 aliphatic heterocycles. The van der Waals surface area contributed by atoms with Crippen molar-refractivity contribution >= 4 is 17.0 Å². The van der Waals surface area contributed by atoms with Crippen molar-refractivity contribution in [2.24, 2.45) is 0 Å². The van der Waals surface area contributed by atoms with Gasteiger partial charge in [-0.1, -0.05) is 17.3 Å². The summed E-state index contributed by atoms with van der Waals surface area (Å²) in [4.78, 5) is 18.8. The molecule has 8 heteroatoms. The Kier molecular flexibility index (Phi) is 5.38. The minimum absolute atomic E-state index is 0.277. The highest BCUT2D eigenvalue weighted by Gasteiger charge is 2.26. The molecule has 0 spiro atoms. The van der Waals surface area contributed by atoms with Crippen LogP contribution in [0.2, 0.25) is 0 Å². The Bertz CT molecular complexity index is 1360. The van der Waals surface area contributed by atoms with E-state index < -0.39 is 5.60 Å². The second-order valence-corrected chi connectivity index (χ2v) is 10.0. The van der Waals surface area contributed by atoms with Gasteiger partial charge in [0.05, 0.1) is 11.7 Å². The fourth-order valence-electron chi connectivity index (χ4n) is 4.23. The molecule has 2 aromatic heterocycles. The van der Waals surface area contributed by atoms with Crippen LogP contribution in [0.25, 0.3) is 33.7 Å². The Morgan fingerprint density at radius 3 is 2.65 bits per heavy atom. The van der Waals surface area contributed by atoms with Gasteiger partial charge in [0, 0.05) is 35.6 Å². The smallest absolute Gasteiger partial charge is 0.410 e. The molecule has 4 aromatic rings. The molecule has 0 aliphatic carbocycles. The zero-order chi connectivity index (χ0) is 24.0. The lowest BCUT2D eigenvalue weighted by Crippen LogP contribution is -2.39. The molecule has 8 nitrogen and oxygen atoms in total. The van der Waals surface area contributed by atoms with Crippen molar-refractivity contribution in [2.45, 2.75) is 59.2 Å². The molecule has 0 atom stereocenters. The highest BCUT2D eigenvalue weighted by molar-refractivity contribution is 5.83. The molecular formula is C26H29N5O3. The number of nitrogens with zero attached hydrogens (tertiary/aromatic N) is 5. The van der Waals surface area contributed by atoms with Crippen LogP contribution in [0.5, 0.6) is 0 Å². The van der Waals surface area contributed by atoms with E-state index in [1.54, 1.807) is 4.90 Å². The van der Waals surface area contributed by atoms with Gasteiger partial charge < -0.3 is 14.2 Å². The van der Waals surface area contributed by atoms with Crippen LogP contribution in [0.15, 0.2) is 47.1 Å². The number of amides is 1. The van der Waals surface area contributed by atoms with Crippen LogP contribution in [-0.2, 0) is 17.7 Å². The molecule has 1 amide bonds. The normalized spacial score (nSPS) is 14.0. The van der Waals surface area contributed by atoms with Crippen molar-refractivity contribution in [3.8, 4) is 22.8 Å². The van der Waals surface area contributed by atoms with E-state index in [0.717, 1.165) is 34.0 Å². The van der Waals surface area contributed by atoms with Crippen molar-refractivity contribution in [1.82, 2.24) is 24.8 Å². The quantitative estimate of drug-likeness (QED) is 0.395. The molecule has 3 heterocycles. The van der Waals surface area contributed by atoms with Crippen LogP contribution in [0, 0.1) is 0 Å². The van der Waals surface area contributed by atoms with E-state index in [1.807, 2.05) is 62.0 Å². The second-order valence-electron chi connectivity index (χ2n) is 10.0. The average Bonchev–Trinajstić information content (AvgIpc) is 3.44. The number of benzene rings is 2. The molecule has 0 unspecified atom stereocenters. The predicted octanol–water partition coefficient (Wildman–Crippen LogP) is 5.63. The number of carbonyl (C=O) groups is 1. The van der Waals surface area contributed by atoms with Gasteiger partial charge in [-0.15, -0.1) is 0 Å². The first-order valence-electron chi connectivity index (χ1n) is 11.6. The number of rotatable bonds is 3. The summed E-state index contributed by atoms with van der Waals surface area (Å²) in [5.74, 6) is 1.02. The van der Waals surface area contributed by atoms with Gasteiger partial charge in [0.1, 0.15) is 5.60 Å². The van der Waals surface area contributed by atoms with Crippen LogP contribution in [0.1, 0.15) is 51.8 Å². The molecule has 0 bridgehead atoms.